The summed E-state index contributed by atoms with van der Waals surface area (Å²) in [6.07, 6.45) is 8.09. The average molecular weight is 326 g/mol. The third-order valence-electron chi connectivity index (χ3n) is 4.81. The summed E-state index contributed by atoms with van der Waals surface area (Å²) in [6.45, 7) is 7.21. The number of aliphatic hydroxyl groups excluding tert-OH is 1. The number of aliphatic hydroxyl groups is 1. The van der Waals surface area contributed by atoms with Gasteiger partial charge in [0, 0.05) is 25.2 Å². The van der Waals surface area contributed by atoms with Crippen LogP contribution in [0.3, 0.4) is 0 Å². The Morgan fingerprint density at radius 2 is 1.78 bits per heavy atom. The van der Waals surface area contributed by atoms with E-state index >= 15 is 0 Å². The summed E-state index contributed by atoms with van der Waals surface area (Å²) in [5.41, 5.74) is -0.439. The lowest BCUT2D eigenvalue weighted by Gasteiger charge is -2.28. The fourth-order valence-electron chi connectivity index (χ4n) is 3.56. The first-order valence-corrected chi connectivity index (χ1v) is 9.27. The first-order valence-electron chi connectivity index (χ1n) is 9.27. The van der Waals surface area contributed by atoms with Crippen molar-refractivity contribution in [1.29, 1.82) is 0 Å². The van der Waals surface area contributed by atoms with Crippen LogP contribution in [0.15, 0.2) is 0 Å². The first-order chi connectivity index (χ1) is 10.8. The Hall–Kier alpha value is -0.810. The zero-order valence-electron chi connectivity index (χ0n) is 15.0. The molecule has 5 nitrogen and oxygen atoms in total. The molecule has 0 radical (unpaired) electrons. The number of hydrogen-bond donors (Lipinski definition) is 2. The standard InChI is InChI=1S/C18H34N2O3/c1-18(2,3)23-17(22)20-12-7-8-14(11-13-20)19-15-9-5-4-6-10-16(15)21/h14-16,19,21H,4-13H2,1-3H3. The zero-order valence-corrected chi connectivity index (χ0v) is 15.0. The maximum absolute atomic E-state index is 12.2. The molecule has 2 N–H and O–H groups in total. The second kappa shape index (κ2) is 8.34. The van der Waals surface area contributed by atoms with E-state index < -0.39 is 5.60 Å². The van der Waals surface area contributed by atoms with Crippen molar-refractivity contribution in [3.8, 4) is 0 Å². The minimum absolute atomic E-state index is 0.201. The summed E-state index contributed by atoms with van der Waals surface area (Å²) in [5.74, 6) is 0. The quantitative estimate of drug-likeness (QED) is 0.766. The highest BCUT2D eigenvalue weighted by Crippen LogP contribution is 2.21. The second-order valence-corrected chi connectivity index (χ2v) is 8.07. The van der Waals surface area contributed by atoms with Crippen LogP contribution in [0, 0.1) is 0 Å². The Morgan fingerprint density at radius 1 is 1.04 bits per heavy atom. The monoisotopic (exact) mass is 326 g/mol. The number of nitrogens with one attached hydrogen (secondary N) is 1. The molecule has 1 amide bonds. The molecule has 134 valence electrons. The number of ether oxygens (including phenoxy) is 1. The van der Waals surface area contributed by atoms with Crippen LogP contribution in [-0.2, 0) is 4.74 Å². The summed E-state index contributed by atoms with van der Waals surface area (Å²) in [4.78, 5) is 14.0. The number of rotatable bonds is 2. The highest BCUT2D eigenvalue weighted by molar-refractivity contribution is 5.68. The van der Waals surface area contributed by atoms with Gasteiger partial charge in [-0.3, -0.25) is 0 Å². The molecule has 1 aliphatic heterocycles. The van der Waals surface area contributed by atoms with Gasteiger partial charge in [-0.2, -0.15) is 0 Å². The maximum atomic E-state index is 12.2. The number of hydrogen-bond acceptors (Lipinski definition) is 4. The lowest BCUT2D eigenvalue weighted by atomic mass is 10.0. The van der Waals surface area contributed by atoms with E-state index in [1.807, 2.05) is 25.7 Å². The number of amides is 1. The van der Waals surface area contributed by atoms with Crippen LogP contribution in [0.5, 0.6) is 0 Å². The highest BCUT2D eigenvalue weighted by atomic mass is 16.6. The van der Waals surface area contributed by atoms with E-state index in [2.05, 4.69) is 5.32 Å². The van der Waals surface area contributed by atoms with Crippen molar-refractivity contribution in [2.75, 3.05) is 13.1 Å². The van der Waals surface area contributed by atoms with Gasteiger partial charge in [-0.05, 0) is 52.9 Å². The number of carbonyl (C=O) groups is 1. The van der Waals surface area contributed by atoms with Gasteiger partial charge in [0.15, 0.2) is 0 Å². The molecule has 0 aromatic rings. The summed E-state index contributed by atoms with van der Waals surface area (Å²) in [6, 6.07) is 0.607. The Bertz CT molecular complexity index is 381. The molecular formula is C18H34N2O3. The molecule has 3 unspecified atom stereocenters. The maximum Gasteiger partial charge on any atom is 0.410 e. The normalized spacial score (nSPS) is 30.4. The van der Waals surface area contributed by atoms with Crippen LogP contribution >= 0.6 is 0 Å². The predicted octanol–water partition coefficient (Wildman–Crippen LogP) is 3.06. The van der Waals surface area contributed by atoms with Crippen LogP contribution in [-0.4, -0.2) is 53.0 Å². The van der Waals surface area contributed by atoms with E-state index in [4.69, 9.17) is 4.74 Å². The lowest BCUT2D eigenvalue weighted by molar-refractivity contribution is 0.0255. The van der Waals surface area contributed by atoms with Gasteiger partial charge in [0.2, 0.25) is 0 Å². The van der Waals surface area contributed by atoms with E-state index in [0.29, 0.717) is 6.04 Å². The van der Waals surface area contributed by atoms with Gasteiger partial charge in [0.1, 0.15) is 5.60 Å². The second-order valence-electron chi connectivity index (χ2n) is 8.07. The van der Waals surface area contributed by atoms with Crippen molar-refractivity contribution in [2.24, 2.45) is 0 Å². The fraction of sp³-hybridized carbons (Fsp3) is 0.944. The molecule has 1 saturated heterocycles. The summed E-state index contributed by atoms with van der Waals surface area (Å²) >= 11 is 0. The molecule has 1 saturated carbocycles. The van der Waals surface area contributed by atoms with Crippen molar-refractivity contribution in [1.82, 2.24) is 10.2 Å². The predicted molar refractivity (Wildman–Crippen MR) is 91.5 cm³/mol. The number of carbonyl (C=O) groups excluding carboxylic acids is 1. The largest absolute Gasteiger partial charge is 0.444 e. The minimum Gasteiger partial charge on any atom is -0.444 e. The topological polar surface area (TPSA) is 61.8 Å². The molecule has 1 heterocycles. The van der Waals surface area contributed by atoms with E-state index in [9.17, 15) is 9.90 Å². The fourth-order valence-corrected chi connectivity index (χ4v) is 3.56. The molecule has 2 rings (SSSR count). The molecule has 1 aliphatic carbocycles. The molecule has 0 spiro atoms. The van der Waals surface area contributed by atoms with E-state index in [1.165, 1.54) is 12.8 Å². The Morgan fingerprint density at radius 3 is 2.52 bits per heavy atom. The van der Waals surface area contributed by atoms with E-state index in [1.54, 1.807) is 0 Å². The van der Waals surface area contributed by atoms with Crippen molar-refractivity contribution >= 4 is 6.09 Å². The van der Waals surface area contributed by atoms with Crippen LogP contribution in [0.25, 0.3) is 0 Å². The summed E-state index contributed by atoms with van der Waals surface area (Å²) in [5, 5.41) is 13.9. The Kier molecular flexibility index (Phi) is 6.72. The smallest absolute Gasteiger partial charge is 0.410 e. The lowest BCUT2D eigenvalue weighted by Crippen LogP contribution is -2.45. The third kappa shape index (κ3) is 6.30. The summed E-state index contributed by atoms with van der Waals surface area (Å²) in [7, 11) is 0. The molecule has 0 aromatic carbocycles. The van der Waals surface area contributed by atoms with Crippen molar-refractivity contribution in [2.45, 2.75) is 95.9 Å². The van der Waals surface area contributed by atoms with Gasteiger partial charge in [-0.15, -0.1) is 0 Å². The molecule has 3 atom stereocenters. The number of likely N-dealkylation sites (tertiary alicyclic amines) is 1. The van der Waals surface area contributed by atoms with E-state index in [0.717, 1.165) is 51.6 Å². The van der Waals surface area contributed by atoms with Gasteiger partial charge in [-0.1, -0.05) is 19.3 Å². The SMILES string of the molecule is CC(C)(C)OC(=O)N1CCCC(NC2CCCCCC2O)CC1. The molecule has 23 heavy (non-hydrogen) atoms. The van der Waals surface area contributed by atoms with E-state index in [-0.39, 0.29) is 18.2 Å². The molecule has 0 aromatic heterocycles. The Labute approximate surface area is 140 Å². The minimum atomic E-state index is -0.439. The first kappa shape index (κ1) is 18.5. The van der Waals surface area contributed by atoms with Crippen LogP contribution in [0.2, 0.25) is 0 Å². The Balaban J connectivity index is 1.82. The van der Waals surface area contributed by atoms with Gasteiger partial charge in [0.25, 0.3) is 0 Å². The van der Waals surface area contributed by atoms with Crippen LogP contribution < -0.4 is 5.32 Å². The van der Waals surface area contributed by atoms with Gasteiger partial charge >= 0.3 is 6.09 Å². The van der Waals surface area contributed by atoms with Crippen LogP contribution in [0.4, 0.5) is 4.79 Å². The molecule has 2 aliphatic rings. The van der Waals surface area contributed by atoms with Crippen molar-refractivity contribution in [3.63, 3.8) is 0 Å². The van der Waals surface area contributed by atoms with Crippen molar-refractivity contribution in [3.05, 3.63) is 0 Å². The molecule has 5 heteroatoms. The van der Waals surface area contributed by atoms with Crippen LogP contribution in [0.1, 0.15) is 72.1 Å². The molecule has 2 fully saturated rings. The molecule has 0 bridgehead atoms. The number of nitrogens with zero attached hydrogens (tertiary/aromatic N) is 1. The third-order valence-corrected chi connectivity index (χ3v) is 4.81. The summed E-state index contributed by atoms with van der Waals surface area (Å²) < 4.78 is 5.48. The average Bonchev–Trinajstić information content (AvgIpc) is 2.79. The highest BCUT2D eigenvalue weighted by Gasteiger charge is 2.28. The molecular weight excluding hydrogens is 292 g/mol. The zero-order chi connectivity index (χ0) is 16.9. The van der Waals surface area contributed by atoms with Gasteiger partial charge in [0.05, 0.1) is 6.10 Å². The van der Waals surface area contributed by atoms with Gasteiger partial charge in [-0.25, -0.2) is 4.79 Å². The van der Waals surface area contributed by atoms with Crippen molar-refractivity contribution < 1.29 is 14.6 Å². The van der Waals surface area contributed by atoms with Gasteiger partial charge < -0.3 is 20.1 Å².